The smallest absolute Gasteiger partial charge is 0.0444 e. The van der Waals surface area contributed by atoms with Crippen molar-refractivity contribution in [3.05, 3.63) is 33.8 Å². The van der Waals surface area contributed by atoms with Gasteiger partial charge in [-0.1, -0.05) is 50.4 Å². The van der Waals surface area contributed by atoms with Gasteiger partial charge in [-0.05, 0) is 53.9 Å². The van der Waals surface area contributed by atoms with Crippen molar-refractivity contribution in [1.29, 1.82) is 0 Å². The monoisotopic (exact) mass is 318 g/mol. The molecule has 19 heavy (non-hydrogen) atoms. The first-order valence-electron chi connectivity index (χ1n) is 6.92. The molecule has 0 heterocycles. The third kappa shape index (κ3) is 3.23. The summed E-state index contributed by atoms with van der Waals surface area (Å²) in [6.45, 7) is 6.76. The summed E-state index contributed by atoms with van der Waals surface area (Å²) in [5.74, 6) is 1.17. The van der Waals surface area contributed by atoms with E-state index in [4.69, 9.17) is 34.8 Å². The maximum Gasteiger partial charge on any atom is 0.0444 e. The van der Waals surface area contributed by atoms with Gasteiger partial charge in [0.05, 0.1) is 0 Å². The molecule has 0 N–H and O–H groups in total. The average molecular weight is 320 g/mol. The second-order valence-corrected chi connectivity index (χ2v) is 7.79. The fraction of sp³-hybridized carbons (Fsp3) is 0.625. The Morgan fingerprint density at radius 3 is 2.47 bits per heavy atom. The van der Waals surface area contributed by atoms with Crippen LogP contribution in [0.1, 0.15) is 45.6 Å². The van der Waals surface area contributed by atoms with E-state index in [1.165, 1.54) is 6.42 Å². The van der Waals surface area contributed by atoms with Crippen molar-refractivity contribution >= 4 is 34.8 Å². The molecular formula is C16H21Cl3. The van der Waals surface area contributed by atoms with Crippen molar-refractivity contribution in [2.24, 2.45) is 11.8 Å². The van der Waals surface area contributed by atoms with Gasteiger partial charge in [0.2, 0.25) is 0 Å². The Morgan fingerprint density at radius 2 is 1.84 bits per heavy atom. The molecule has 3 unspecified atom stereocenters. The van der Waals surface area contributed by atoms with E-state index in [9.17, 15) is 0 Å². The summed E-state index contributed by atoms with van der Waals surface area (Å²) in [7, 11) is 0. The third-order valence-corrected chi connectivity index (χ3v) is 5.63. The first-order valence-corrected chi connectivity index (χ1v) is 8.11. The van der Waals surface area contributed by atoms with Crippen LogP contribution in [-0.2, 0) is 5.41 Å². The number of alkyl halides is 1. The maximum atomic E-state index is 6.63. The van der Waals surface area contributed by atoms with Crippen LogP contribution in [0.5, 0.6) is 0 Å². The van der Waals surface area contributed by atoms with Crippen molar-refractivity contribution in [2.75, 3.05) is 0 Å². The van der Waals surface area contributed by atoms with E-state index < -0.39 is 0 Å². The van der Waals surface area contributed by atoms with Crippen LogP contribution in [0.2, 0.25) is 10.0 Å². The third-order valence-electron chi connectivity index (χ3n) is 4.58. The second-order valence-electron chi connectivity index (χ2n) is 6.39. The first kappa shape index (κ1) is 15.5. The van der Waals surface area contributed by atoms with Gasteiger partial charge in [-0.2, -0.15) is 0 Å². The normalized spacial score (nSPS) is 28.4. The molecule has 2 rings (SSSR count). The average Bonchev–Trinajstić information content (AvgIpc) is 2.31. The molecular weight excluding hydrogens is 299 g/mol. The van der Waals surface area contributed by atoms with Gasteiger partial charge in [-0.25, -0.2) is 0 Å². The molecule has 1 saturated carbocycles. The van der Waals surface area contributed by atoms with Crippen LogP contribution in [0.25, 0.3) is 0 Å². The highest BCUT2D eigenvalue weighted by molar-refractivity contribution is 6.33. The van der Waals surface area contributed by atoms with Crippen molar-refractivity contribution in [2.45, 2.75) is 50.8 Å². The van der Waals surface area contributed by atoms with Gasteiger partial charge in [0.25, 0.3) is 0 Å². The van der Waals surface area contributed by atoms with Crippen LogP contribution in [-0.4, -0.2) is 5.38 Å². The van der Waals surface area contributed by atoms with E-state index in [2.05, 4.69) is 20.8 Å². The molecule has 0 spiro atoms. The predicted octanol–water partition coefficient (Wildman–Crippen LogP) is 6.31. The highest BCUT2D eigenvalue weighted by Gasteiger charge is 2.40. The Bertz CT molecular complexity index is 453. The van der Waals surface area contributed by atoms with Crippen LogP contribution in [0.4, 0.5) is 0 Å². The summed E-state index contributed by atoms with van der Waals surface area (Å²) in [6, 6.07) is 5.71. The highest BCUT2D eigenvalue weighted by atomic mass is 35.5. The van der Waals surface area contributed by atoms with Gasteiger partial charge in [0, 0.05) is 15.4 Å². The zero-order valence-electron chi connectivity index (χ0n) is 11.7. The fourth-order valence-electron chi connectivity index (χ4n) is 3.32. The minimum Gasteiger partial charge on any atom is -0.123 e. The summed E-state index contributed by atoms with van der Waals surface area (Å²) in [5, 5.41) is 1.74. The lowest BCUT2D eigenvalue weighted by Crippen LogP contribution is -2.39. The maximum absolute atomic E-state index is 6.63. The minimum atomic E-state index is -0.0471. The number of hydrogen-bond donors (Lipinski definition) is 0. The zero-order valence-corrected chi connectivity index (χ0v) is 14.0. The largest absolute Gasteiger partial charge is 0.123 e. The molecule has 0 amide bonds. The van der Waals surface area contributed by atoms with Crippen LogP contribution in [0, 0.1) is 11.8 Å². The molecule has 1 aromatic carbocycles. The zero-order chi connectivity index (χ0) is 14.2. The molecule has 0 radical (unpaired) electrons. The number of hydrogen-bond acceptors (Lipinski definition) is 0. The van der Waals surface area contributed by atoms with E-state index in [0.717, 1.165) is 34.4 Å². The molecule has 0 aromatic heterocycles. The second kappa shape index (κ2) is 5.84. The lowest BCUT2D eigenvalue weighted by molar-refractivity contribution is 0.207. The fourth-order valence-corrected chi connectivity index (χ4v) is 4.59. The highest BCUT2D eigenvalue weighted by Crippen LogP contribution is 2.46. The molecule has 1 fully saturated rings. The minimum absolute atomic E-state index is 0.0471. The van der Waals surface area contributed by atoms with Crippen molar-refractivity contribution in [3.63, 3.8) is 0 Å². The molecule has 0 bridgehead atoms. The first-order chi connectivity index (χ1) is 8.82. The Labute approximate surface area is 131 Å². The topological polar surface area (TPSA) is 0 Å². The molecule has 1 aliphatic rings. The summed E-state index contributed by atoms with van der Waals surface area (Å²) in [6.07, 6.45) is 3.49. The van der Waals surface area contributed by atoms with Gasteiger partial charge in [0.1, 0.15) is 0 Å². The summed E-state index contributed by atoms with van der Waals surface area (Å²) in [4.78, 5) is 0. The Hall–Kier alpha value is 0.0900. The summed E-state index contributed by atoms with van der Waals surface area (Å²) in [5.41, 5.74) is 1.07. The van der Waals surface area contributed by atoms with E-state index in [1.54, 1.807) is 0 Å². The van der Waals surface area contributed by atoms with E-state index >= 15 is 0 Å². The standard InChI is InChI=1S/C16H21Cl3/c1-10-4-6-12(15(19)8-10)16(2,3)13-9-11(17)5-7-14(13)18/h5,7,9-10,12,15H,4,6,8H2,1-3H3. The van der Waals surface area contributed by atoms with E-state index in [-0.39, 0.29) is 10.8 Å². The number of benzene rings is 1. The molecule has 1 aromatic rings. The summed E-state index contributed by atoms with van der Waals surface area (Å²) >= 11 is 19.1. The van der Waals surface area contributed by atoms with Crippen molar-refractivity contribution in [1.82, 2.24) is 0 Å². The van der Waals surface area contributed by atoms with Crippen molar-refractivity contribution < 1.29 is 0 Å². The lowest BCUT2D eigenvalue weighted by atomic mass is 9.65. The van der Waals surface area contributed by atoms with Crippen LogP contribution in [0.15, 0.2) is 18.2 Å². The Balaban J connectivity index is 2.33. The number of rotatable bonds is 2. The van der Waals surface area contributed by atoms with Gasteiger partial charge in [-0.3, -0.25) is 0 Å². The molecule has 3 atom stereocenters. The molecule has 3 heteroatoms. The molecule has 0 aliphatic heterocycles. The molecule has 1 aliphatic carbocycles. The van der Waals surface area contributed by atoms with Crippen LogP contribution >= 0.6 is 34.8 Å². The quantitative estimate of drug-likeness (QED) is 0.560. The van der Waals surface area contributed by atoms with Crippen LogP contribution < -0.4 is 0 Å². The van der Waals surface area contributed by atoms with Gasteiger partial charge >= 0.3 is 0 Å². The van der Waals surface area contributed by atoms with Gasteiger partial charge in [-0.15, -0.1) is 11.6 Å². The van der Waals surface area contributed by atoms with E-state index in [0.29, 0.717) is 5.92 Å². The van der Waals surface area contributed by atoms with Crippen LogP contribution in [0.3, 0.4) is 0 Å². The van der Waals surface area contributed by atoms with Crippen molar-refractivity contribution in [3.8, 4) is 0 Å². The Kier molecular flexibility index (Phi) is 4.75. The van der Waals surface area contributed by atoms with E-state index in [1.807, 2.05) is 18.2 Å². The van der Waals surface area contributed by atoms with Gasteiger partial charge < -0.3 is 0 Å². The Morgan fingerprint density at radius 1 is 1.16 bits per heavy atom. The van der Waals surface area contributed by atoms with Gasteiger partial charge in [0.15, 0.2) is 0 Å². The SMILES string of the molecule is CC1CCC(C(C)(C)c2cc(Cl)ccc2Cl)C(Cl)C1. The lowest BCUT2D eigenvalue weighted by Gasteiger charge is -2.42. The molecule has 106 valence electrons. The number of halogens is 3. The summed E-state index contributed by atoms with van der Waals surface area (Å²) < 4.78 is 0. The molecule has 0 nitrogen and oxygen atoms in total. The predicted molar refractivity (Wildman–Crippen MR) is 85.6 cm³/mol. The molecule has 0 saturated heterocycles.